The molecule has 0 saturated heterocycles. The smallest absolute Gasteiger partial charge is 0.233 e. The summed E-state index contributed by atoms with van der Waals surface area (Å²) in [5.41, 5.74) is 0.652. The number of pyridine rings is 1. The number of halogens is 1. The van der Waals surface area contributed by atoms with Crippen molar-refractivity contribution in [2.24, 2.45) is 0 Å². The molecule has 80 valence electrons. The minimum absolute atomic E-state index is 0.123. The van der Waals surface area contributed by atoms with Crippen molar-refractivity contribution >= 4 is 30.7 Å². The van der Waals surface area contributed by atoms with E-state index >= 15 is 0 Å². The van der Waals surface area contributed by atoms with Gasteiger partial charge >= 0.3 is 0 Å². The summed E-state index contributed by atoms with van der Waals surface area (Å²) in [5, 5.41) is 0.909. The second kappa shape index (κ2) is 3.83. The number of hydrogen-bond donors (Lipinski definition) is 0. The molecule has 0 N–H and O–H groups in total. The first-order valence-corrected chi connectivity index (χ1v) is 6.77. The lowest BCUT2D eigenvalue weighted by atomic mass is 10.3. The van der Waals surface area contributed by atoms with Crippen LogP contribution in [0.15, 0.2) is 28.9 Å². The Kier molecular flexibility index (Phi) is 2.67. The summed E-state index contributed by atoms with van der Waals surface area (Å²) in [4.78, 5) is 3.90. The number of nitrogens with zero attached hydrogens (tertiary/aromatic N) is 1. The van der Waals surface area contributed by atoms with E-state index in [2.05, 4.69) is 4.98 Å². The average Bonchev–Trinajstić information content (AvgIpc) is 2.56. The predicted molar refractivity (Wildman–Crippen MR) is 57.4 cm³/mol. The Balaban J connectivity index is 2.23. The lowest BCUT2D eigenvalue weighted by Crippen LogP contribution is -1.99. The maximum absolute atomic E-state index is 10.7. The third kappa shape index (κ3) is 2.70. The summed E-state index contributed by atoms with van der Waals surface area (Å²) < 4.78 is 26.8. The van der Waals surface area contributed by atoms with E-state index in [1.165, 1.54) is 0 Å². The predicted octanol–water partition coefficient (Wildman–Crippen LogP) is 1.94. The number of aromatic nitrogens is 1. The molecule has 2 aromatic rings. The molecule has 0 atom stereocenters. The minimum Gasteiger partial charge on any atom is -0.459 e. The zero-order valence-corrected chi connectivity index (χ0v) is 9.25. The fraction of sp³-hybridized carbons (Fsp3) is 0.222. The molecule has 0 bridgehead atoms. The molecule has 2 rings (SSSR count). The van der Waals surface area contributed by atoms with Crippen molar-refractivity contribution in [3.63, 3.8) is 0 Å². The third-order valence-electron chi connectivity index (χ3n) is 1.97. The van der Waals surface area contributed by atoms with Gasteiger partial charge in [0.2, 0.25) is 9.05 Å². The van der Waals surface area contributed by atoms with E-state index in [1.54, 1.807) is 24.5 Å². The van der Waals surface area contributed by atoms with Crippen LogP contribution in [0.1, 0.15) is 5.76 Å². The van der Waals surface area contributed by atoms with Gasteiger partial charge in [-0.2, -0.15) is 0 Å². The number of furan rings is 1. The van der Waals surface area contributed by atoms with Crippen molar-refractivity contribution in [3.8, 4) is 0 Å². The summed E-state index contributed by atoms with van der Waals surface area (Å²) in [7, 11) is 1.64. The molecular weight excluding hydrogens is 238 g/mol. The van der Waals surface area contributed by atoms with Gasteiger partial charge in [0.1, 0.15) is 5.76 Å². The summed E-state index contributed by atoms with van der Waals surface area (Å²) in [6, 6.07) is 3.59. The molecule has 0 radical (unpaired) electrons. The van der Waals surface area contributed by atoms with E-state index in [4.69, 9.17) is 15.1 Å². The Morgan fingerprint density at radius 2 is 2.27 bits per heavy atom. The molecule has 15 heavy (non-hydrogen) atoms. The molecule has 0 aliphatic carbocycles. The number of fused-ring (bicyclic) bond motifs is 1. The monoisotopic (exact) mass is 245 g/mol. The van der Waals surface area contributed by atoms with Gasteiger partial charge in [-0.15, -0.1) is 0 Å². The molecule has 0 saturated carbocycles. The van der Waals surface area contributed by atoms with E-state index < -0.39 is 9.05 Å². The van der Waals surface area contributed by atoms with Crippen LogP contribution in [-0.4, -0.2) is 19.2 Å². The first-order valence-electron chi connectivity index (χ1n) is 4.29. The van der Waals surface area contributed by atoms with Crippen molar-refractivity contribution in [2.45, 2.75) is 6.42 Å². The van der Waals surface area contributed by atoms with Gasteiger partial charge in [-0.05, 0) is 12.1 Å². The van der Waals surface area contributed by atoms with Gasteiger partial charge in [0.25, 0.3) is 0 Å². The topological polar surface area (TPSA) is 60.2 Å². The molecule has 0 spiro atoms. The molecule has 4 nitrogen and oxygen atoms in total. The fourth-order valence-corrected chi connectivity index (χ4v) is 1.96. The number of hydrogen-bond acceptors (Lipinski definition) is 4. The lowest BCUT2D eigenvalue weighted by molar-refractivity contribution is 0.552. The first kappa shape index (κ1) is 10.4. The quantitative estimate of drug-likeness (QED) is 0.776. The Hall–Kier alpha value is -1.07. The molecule has 0 amide bonds. The van der Waals surface area contributed by atoms with Crippen LogP contribution in [0.2, 0.25) is 0 Å². The number of aryl methyl sites for hydroxylation is 1. The first-order chi connectivity index (χ1) is 7.04. The second-order valence-electron chi connectivity index (χ2n) is 3.12. The van der Waals surface area contributed by atoms with Crippen LogP contribution in [0.5, 0.6) is 0 Å². The Morgan fingerprint density at radius 3 is 2.93 bits per heavy atom. The van der Waals surface area contributed by atoms with Crippen molar-refractivity contribution in [2.75, 3.05) is 5.75 Å². The summed E-state index contributed by atoms with van der Waals surface area (Å²) in [5.74, 6) is 0.476. The molecule has 2 heterocycles. The summed E-state index contributed by atoms with van der Waals surface area (Å²) in [6.45, 7) is 0. The van der Waals surface area contributed by atoms with Crippen LogP contribution >= 0.6 is 10.7 Å². The zero-order chi connectivity index (χ0) is 10.9. The highest BCUT2D eigenvalue weighted by atomic mass is 35.7. The highest BCUT2D eigenvalue weighted by molar-refractivity contribution is 8.13. The van der Waals surface area contributed by atoms with Crippen molar-refractivity contribution in [3.05, 3.63) is 30.3 Å². The Bertz CT molecular complexity index is 543. The normalized spacial score (nSPS) is 12.1. The molecular formula is C9H8ClNO3S. The highest BCUT2D eigenvalue weighted by Gasteiger charge is 2.09. The molecule has 0 unspecified atom stereocenters. The van der Waals surface area contributed by atoms with Crippen LogP contribution in [0.25, 0.3) is 11.0 Å². The molecule has 0 aliphatic heterocycles. The van der Waals surface area contributed by atoms with Crippen molar-refractivity contribution in [1.29, 1.82) is 0 Å². The SMILES string of the molecule is O=S(=O)(Cl)CCc1cc2ccncc2o1. The largest absolute Gasteiger partial charge is 0.459 e. The Labute approximate surface area is 91.3 Å². The number of rotatable bonds is 3. The van der Waals surface area contributed by atoms with Crippen LogP contribution in [-0.2, 0) is 15.5 Å². The van der Waals surface area contributed by atoms with Crippen LogP contribution in [0.3, 0.4) is 0 Å². The van der Waals surface area contributed by atoms with Gasteiger partial charge in [0.05, 0.1) is 11.9 Å². The molecule has 0 fully saturated rings. The van der Waals surface area contributed by atoms with Gasteiger partial charge in [-0.3, -0.25) is 4.98 Å². The van der Waals surface area contributed by atoms with Gasteiger partial charge in [0.15, 0.2) is 5.58 Å². The van der Waals surface area contributed by atoms with Crippen LogP contribution in [0.4, 0.5) is 0 Å². The van der Waals surface area contributed by atoms with E-state index in [-0.39, 0.29) is 12.2 Å². The fourth-order valence-electron chi connectivity index (χ4n) is 1.29. The van der Waals surface area contributed by atoms with Gasteiger partial charge in [-0.25, -0.2) is 8.42 Å². The maximum Gasteiger partial charge on any atom is 0.233 e. The standard InChI is InChI=1S/C9H8ClNO3S/c10-15(12,13)4-2-8-5-7-1-3-11-6-9(7)14-8/h1,3,5-6H,2,4H2. The minimum atomic E-state index is -3.46. The van der Waals surface area contributed by atoms with E-state index in [9.17, 15) is 8.42 Å². The van der Waals surface area contributed by atoms with Crippen molar-refractivity contribution < 1.29 is 12.8 Å². The lowest BCUT2D eigenvalue weighted by Gasteiger charge is -1.92. The van der Waals surface area contributed by atoms with Crippen LogP contribution < -0.4 is 0 Å². The second-order valence-corrected chi connectivity index (χ2v) is 6.02. The molecule has 0 aromatic carbocycles. The summed E-state index contributed by atoms with van der Waals surface area (Å²) >= 11 is 0. The molecule has 0 aliphatic rings. The maximum atomic E-state index is 10.7. The van der Waals surface area contributed by atoms with Gasteiger partial charge in [-0.1, -0.05) is 0 Å². The summed E-state index contributed by atoms with van der Waals surface area (Å²) in [6.07, 6.45) is 3.52. The zero-order valence-electron chi connectivity index (χ0n) is 7.68. The average molecular weight is 246 g/mol. The van der Waals surface area contributed by atoms with E-state index in [0.717, 1.165) is 5.39 Å². The Morgan fingerprint density at radius 1 is 1.47 bits per heavy atom. The van der Waals surface area contributed by atoms with E-state index in [1.807, 2.05) is 0 Å². The molecule has 6 heteroatoms. The highest BCUT2D eigenvalue weighted by Crippen LogP contribution is 2.18. The van der Waals surface area contributed by atoms with Gasteiger partial charge < -0.3 is 4.42 Å². The van der Waals surface area contributed by atoms with Crippen molar-refractivity contribution in [1.82, 2.24) is 4.98 Å². The van der Waals surface area contributed by atoms with E-state index in [0.29, 0.717) is 11.3 Å². The van der Waals surface area contributed by atoms with Crippen LogP contribution in [0, 0.1) is 0 Å². The van der Waals surface area contributed by atoms with Gasteiger partial charge in [0, 0.05) is 28.7 Å². The molecule has 2 aromatic heterocycles. The third-order valence-corrected chi connectivity index (χ3v) is 3.12.